The molecule has 0 radical (unpaired) electrons. The number of amidine groups is 2. The molecule has 0 aromatic rings. The number of hydrogen-bond acceptors (Lipinski definition) is 7. The third-order valence-corrected chi connectivity index (χ3v) is 2.34. The maximum atomic E-state index is 8.95. The zero-order valence-corrected chi connectivity index (χ0v) is 8.69. The minimum absolute atomic E-state index is 0.000919. The maximum absolute atomic E-state index is 8.95. The van der Waals surface area contributed by atoms with Gasteiger partial charge in [-0.2, -0.15) is 0 Å². The largest absolute Gasteiger partial charge is 0.395 e. The molecule has 0 saturated heterocycles. The molecular formula is C9H13N5O2. The lowest BCUT2D eigenvalue weighted by Crippen LogP contribution is -2.45. The van der Waals surface area contributed by atoms with Gasteiger partial charge in [0.05, 0.1) is 13.2 Å². The first kappa shape index (κ1) is 10.9. The van der Waals surface area contributed by atoms with Crippen molar-refractivity contribution in [2.24, 2.45) is 20.0 Å². The van der Waals surface area contributed by atoms with Gasteiger partial charge in [-0.1, -0.05) is 0 Å². The second-order valence-corrected chi connectivity index (χ2v) is 3.32. The molecule has 86 valence electrons. The first-order valence-corrected chi connectivity index (χ1v) is 5.03. The predicted octanol–water partition coefficient (Wildman–Crippen LogP) is -1.48. The van der Waals surface area contributed by atoms with Crippen molar-refractivity contribution < 1.29 is 10.2 Å². The summed E-state index contributed by atoms with van der Waals surface area (Å²) in [4.78, 5) is 18.1. The van der Waals surface area contributed by atoms with Gasteiger partial charge in [-0.05, 0) is 0 Å². The average molecular weight is 223 g/mol. The molecule has 0 aromatic carbocycles. The molecule has 2 aliphatic heterocycles. The second-order valence-electron chi connectivity index (χ2n) is 3.32. The molecule has 0 aliphatic carbocycles. The van der Waals surface area contributed by atoms with Gasteiger partial charge in [0.25, 0.3) is 0 Å². The van der Waals surface area contributed by atoms with E-state index in [9.17, 15) is 0 Å². The molecule has 0 fully saturated rings. The fourth-order valence-corrected chi connectivity index (χ4v) is 1.64. The van der Waals surface area contributed by atoms with E-state index in [-0.39, 0.29) is 19.3 Å². The van der Waals surface area contributed by atoms with Crippen molar-refractivity contribution in [1.29, 1.82) is 0 Å². The van der Waals surface area contributed by atoms with E-state index in [1.54, 1.807) is 4.90 Å². The number of aliphatic hydroxyl groups is 2. The minimum atomic E-state index is -0.289. The predicted molar refractivity (Wildman–Crippen MR) is 61.4 cm³/mol. The van der Waals surface area contributed by atoms with Crippen LogP contribution in [0.15, 0.2) is 20.0 Å². The van der Waals surface area contributed by atoms with Crippen molar-refractivity contribution in [2.45, 2.75) is 6.04 Å². The number of hydrogen-bond donors (Lipinski definition) is 2. The van der Waals surface area contributed by atoms with Gasteiger partial charge >= 0.3 is 0 Å². The average Bonchev–Trinajstić information content (AvgIpc) is 2.76. The van der Waals surface area contributed by atoms with Gasteiger partial charge in [0.15, 0.2) is 11.9 Å². The molecule has 0 bridgehead atoms. The Morgan fingerprint density at radius 2 is 1.88 bits per heavy atom. The summed E-state index contributed by atoms with van der Waals surface area (Å²) in [5, 5.41) is 17.9. The Morgan fingerprint density at radius 3 is 2.56 bits per heavy atom. The van der Waals surface area contributed by atoms with Crippen molar-refractivity contribution in [2.75, 3.05) is 26.3 Å². The van der Waals surface area contributed by atoms with Gasteiger partial charge in [0.1, 0.15) is 18.5 Å². The van der Waals surface area contributed by atoms with Gasteiger partial charge in [0, 0.05) is 13.1 Å². The van der Waals surface area contributed by atoms with E-state index in [0.717, 1.165) is 0 Å². The number of fused-ring (bicyclic) bond motifs is 1. The highest BCUT2D eigenvalue weighted by atomic mass is 16.3. The molecule has 0 aromatic heterocycles. The molecule has 2 heterocycles. The Bertz CT molecular complexity index is 368. The Hall–Kier alpha value is -1.60. The Kier molecular flexibility index (Phi) is 3.37. The SMILES string of the molecule is OCCN(CCO)C1=NC=NC2=NC=NC21. The zero-order valence-electron chi connectivity index (χ0n) is 8.69. The van der Waals surface area contributed by atoms with E-state index in [2.05, 4.69) is 20.0 Å². The van der Waals surface area contributed by atoms with Crippen molar-refractivity contribution >= 4 is 24.3 Å². The Labute approximate surface area is 92.6 Å². The van der Waals surface area contributed by atoms with Crippen LogP contribution in [0.5, 0.6) is 0 Å². The fourth-order valence-electron chi connectivity index (χ4n) is 1.64. The fraction of sp³-hybridized carbons (Fsp3) is 0.556. The lowest BCUT2D eigenvalue weighted by Gasteiger charge is -2.27. The first-order valence-electron chi connectivity index (χ1n) is 5.03. The van der Waals surface area contributed by atoms with E-state index >= 15 is 0 Å². The molecule has 0 amide bonds. The van der Waals surface area contributed by atoms with Gasteiger partial charge in [-0.3, -0.25) is 4.99 Å². The zero-order chi connectivity index (χ0) is 11.4. The molecule has 7 nitrogen and oxygen atoms in total. The summed E-state index contributed by atoms with van der Waals surface area (Å²) in [6, 6.07) is -0.289. The molecule has 0 spiro atoms. The van der Waals surface area contributed by atoms with Crippen LogP contribution >= 0.6 is 0 Å². The highest BCUT2D eigenvalue weighted by molar-refractivity contribution is 6.19. The van der Waals surface area contributed by atoms with Crippen LogP contribution in [-0.2, 0) is 0 Å². The number of nitrogens with zero attached hydrogens (tertiary/aromatic N) is 5. The molecule has 7 heteroatoms. The number of rotatable bonds is 4. The lowest BCUT2D eigenvalue weighted by atomic mass is 10.2. The quantitative estimate of drug-likeness (QED) is 0.609. The van der Waals surface area contributed by atoms with Crippen molar-refractivity contribution in [3.05, 3.63) is 0 Å². The van der Waals surface area contributed by atoms with E-state index in [1.807, 2.05) is 0 Å². The topological polar surface area (TPSA) is 93.1 Å². The number of aliphatic imine (C=N–C) groups is 4. The smallest absolute Gasteiger partial charge is 0.169 e. The van der Waals surface area contributed by atoms with E-state index in [4.69, 9.17) is 10.2 Å². The van der Waals surface area contributed by atoms with Crippen LogP contribution in [0, 0.1) is 0 Å². The highest BCUT2D eigenvalue weighted by Gasteiger charge is 2.29. The minimum Gasteiger partial charge on any atom is -0.395 e. The van der Waals surface area contributed by atoms with Crippen LogP contribution in [-0.4, -0.2) is 71.8 Å². The van der Waals surface area contributed by atoms with Crippen molar-refractivity contribution in [3.8, 4) is 0 Å². The van der Waals surface area contributed by atoms with Gasteiger partial charge < -0.3 is 15.1 Å². The first-order chi connectivity index (χ1) is 7.86. The van der Waals surface area contributed by atoms with Crippen molar-refractivity contribution in [1.82, 2.24) is 4.90 Å². The van der Waals surface area contributed by atoms with E-state index in [0.29, 0.717) is 24.8 Å². The Morgan fingerprint density at radius 1 is 1.12 bits per heavy atom. The molecule has 1 unspecified atom stereocenters. The molecule has 16 heavy (non-hydrogen) atoms. The van der Waals surface area contributed by atoms with Crippen LogP contribution in [0.3, 0.4) is 0 Å². The van der Waals surface area contributed by atoms with Gasteiger partial charge in [0.2, 0.25) is 0 Å². The summed E-state index contributed by atoms with van der Waals surface area (Å²) in [5.41, 5.74) is 0. The third-order valence-electron chi connectivity index (χ3n) is 2.34. The van der Waals surface area contributed by atoms with Crippen molar-refractivity contribution in [3.63, 3.8) is 0 Å². The highest BCUT2D eigenvalue weighted by Crippen LogP contribution is 2.12. The summed E-state index contributed by atoms with van der Waals surface area (Å²) in [7, 11) is 0. The normalized spacial score (nSPS) is 21.8. The molecule has 2 aliphatic rings. The summed E-state index contributed by atoms with van der Waals surface area (Å²) >= 11 is 0. The van der Waals surface area contributed by atoms with Gasteiger partial charge in [-0.25, -0.2) is 15.0 Å². The molecule has 0 saturated carbocycles. The molecule has 2 N–H and O–H groups in total. The van der Waals surface area contributed by atoms with Crippen LogP contribution in [0.25, 0.3) is 0 Å². The third kappa shape index (κ3) is 2.00. The Balaban J connectivity index is 2.17. The summed E-state index contributed by atoms with van der Waals surface area (Å²) < 4.78 is 0. The standard InChI is InChI=1S/C9H13N5O2/c15-3-1-14(2-4-16)9-7-8(11-5-10-7)12-6-13-9/h5-7,15-16H,1-4H2. The molecule has 1 atom stereocenters. The van der Waals surface area contributed by atoms with Crippen LogP contribution in [0.2, 0.25) is 0 Å². The van der Waals surface area contributed by atoms with E-state index in [1.165, 1.54) is 12.7 Å². The number of aliphatic hydroxyl groups excluding tert-OH is 2. The van der Waals surface area contributed by atoms with Crippen LogP contribution in [0.1, 0.15) is 0 Å². The second kappa shape index (κ2) is 4.95. The summed E-state index contributed by atoms with van der Waals surface area (Å²) in [5.74, 6) is 1.27. The van der Waals surface area contributed by atoms with Crippen LogP contribution in [0.4, 0.5) is 0 Å². The van der Waals surface area contributed by atoms with E-state index < -0.39 is 0 Å². The maximum Gasteiger partial charge on any atom is 0.169 e. The molecular weight excluding hydrogens is 210 g/mol. The molecule has 2 rings (SSSR count). The van der Waals surface area contributed by atoms with Gasteiger partial charge in [-0.15, -0.1) is 0 Å². The summed E-state index contributed by atoms with van der Waals surface area (Å²) in [6.07, 6.45) is 2.87. The summed E-state index contributed by atoms with van der Waals surface area (Å²) in [6.45, 7) is 0.817. The lowest BCUT2D eigenvalue weighted by molar-refractivity contribution is 0.210. The van der Waals surface area contributed by atoms with Crippen LogP contribution < -0.4 is 0 Å². The monoisotopic (exact) mass is 223 g/mol.